The second kappa shape index (κ2) is 5.23. The second-order valence-electron chi connectivity index (χ2n) is 3.82. The zero-order valence-corrected chi connectivity index (χ0v) is 9.61. The topological polar surface area (TPSA) is 72.6 Å². The molecule has 1 unspecified atom stereocenters. The summed E-state index contributed by atoms with van der Waals surface area (Å²) >= 11 is 0. The highest BCUT2D eigenvalue weighted by Crippen LogP contribution is 2.27. The van der Waals surface area contributed by atoms with E-state index in [4.69, 9.17) is 10.5 Å². The van der Waals surface area contributed by atoms with Crippen LogP contribution in [0.2, 0.25) is 0 Å². The standard InChI is InChI=1S/C14H13NO3/c15-14(17)18-13(10-4-2-1-3-5-10)11-6-8-12(16)9-7-11/h1-9,13,16H,(H2,15,17). The SMILES string of the molecule is NC(=O)OC(c1ccccc1)c1ccc(O)cc1. The Balaban J connectivity index is 2.36. The van der Waals surface area contributed by atoms with Crippen LogP contribution in [0.1, 0.15) is 17.2 Å². The number of benzene rings is 2. The zero-order chi connectivity index (χ0) is 13.0. The number of hydrogen-bond donors (Lipinski definition) is 2. The third-order valence-corrected chi connectivity index (χ3v) is 2.53. The molecule has 0 bridgehead atoms. The zero-order valence-electron chi connectivity index (χ0n) is 9.61. The van der Waals surface area contributed by atoms with E-state index in [0.717, 1.165) is 11.1 Å². The van der Waals surface area contributed by atoms with E-state index >= 15 is 0 Å². The number of nitrogens with two attached hydrogens (primary N) is 1. The molecule has 1 atom stereocenters. The van der Waals surface area contributed by atoms with Gasteiger partial charge in [-0.1, -0.05) is 42.5 Å². The molecule has 0 radical (unpaired) electrons. The van der Waals surface area contributed by atoms with Gasteiger partial charge >= 0.3 is 6.09 Å². The summed E-state index contributed by atoms with van der Waals surface area (Å²) in [5.74, 6) is 0.157. The lowest BCUT2D eigenvalue weighted by Crippen LogP contribution is -2.18. The average Bonchev–Trinajstić information content (AvgIpc) is 2.38. The van der Waals surface area contributed by atoms with Crippen molar-refractivity contribution in [3.8, 4) is 5.75 Å². The van der Waals surface area contributed by atoms with Crippen molar-refractivity contribution in [1.29, 1.82) is 0 Å². The van der Waals surface area contributed by atoms with Crippen LogP contribution in [-0.4, -0.2) is 11.2 Å². The maximum absolute atomic E-state index is 11.0. The number of carbonyl (C=O) groups is 1. The Kier molecular flexibility index (Phi) is 3.48. The minimum absolute atomic E-state index is 0.157. The summed E-state index contributed by atoms with van der Waals surface area (Å²) in [5, 5.41) is 9.26. The summed E-state index contributed by atoms with van der Waals surface area (Å²) in [6.07, 6.45) is -1.40. The van der Waals surface area contributed by atoms with Crippen LogP contribution in [0.5, 0.6) is 5.75 Å². The number of phenols is 1. The van der Waals surface area contributed by atoms with Crippen LogP contribution in [0.3, 0.4) is 0 Å². The molecule has 0 heterocycles. The van der Waals surface area contributed by atoms with E-state index < -0.39 is 12.2 Å². The highest BCUT2D eigenvalue weighted by molar-refractivity contribution is 5.65. The van der Waals surface area contributed by atoms with Crippen LogP contribution >= 0.6 is 0 Å². The van der Waals surface area contributed by atoms with Crippen LogP contribution < -0.4 is 5.73 Å². The maximum Gasteiger partial charge on any atom is 0.405 e. The molecule has 0 aromatic heterocycles. The van der Waals surface area contributed by atoms with Crippen LogP contribution in [0.15, 0.2) is 54.6 Å². The number of aromatic hydroxyl groups is 1. The summed E-state index contributed by atoms with van der Waals surface area (Å²) in [4.78, 5) is 11.0. The van der Waals surface area contributed by atoms with E-state index in [-0.39, 0.29) is 5.75 Å². The van der Waals surface area contributed by atoms with Crippen molar-refractivity contribution in [2.75, 3.05) is 0 Å². The number of phenolic OH excluding ortho intramolecular Hbond substituents is 1. The lowest BCUT2D eigenvalue weighted by atomic mass is 10.0. The Labute approximate surface area is 105 Å². The smallest absolute Gasteiger partial charge is 0.405 e. The van der Waals surface area contributed by atoms with Crippen molar-refractivity contribution in [3.63, 3.8) is 0 Å². The predicted molar refractivity (Wildman–Crippen MR) is 67.1 cm³/mol. The van der Waals surface area contributed by atoms with Crippen LogP contribution in [-0.2, 0) is 4.74 Å². The molecule has 1 amide bonds. The largest absolute Gasteiger partial charge is 0.508 e. The first-order chi connectivity index (χ1) is 8.66. The molecule has 2 aromatic carbocycles. The number of rotatable bonds is 3. The van der Waals surface area contributed by atoms with Gasteiger partial charge in [-0.2, -0.15) is 0 Å². The molecule has 0 aliphatic heterocycles. The van der Waals surface area contributed by atoms with E-state index in [2.05, 4.69) is 0 Å². The molecule has 2 aromatic rings. The fourth-order valence-electron chi connectivity index (χ4n) is 1.72. The third kappa shape index (κ3) is 2.79. The van der Waals surface area contributed by atoms with Crippen molar-refractivity contribution in [1.82, 2.24) is 0 Å². The normalized spacial score (nSPS) is 11.8. The summed E-state index contributed by atoms with van der Waals surface area (Å²) < 4.78 is 5.12. The van der Waals surface area contributed by atoms with E-state index in [1.807, 2.05) is 30.3 Å². The molecule has 4 nitrogen and oxygen atoms in total. The first-order valence-electron chi connectivity index (χ1n) is 5.47. The molecule has 0 fully saturated rings. The van der Waals surface area contributed by atoms with Gasteiger partial charge < -0.3 is 15.6 Å². The first-order valence-corrected chi connectivity index (χ1v) is 5.47. The minimum Gasteiger partial charge on any atom is -0.508 e. The van der Waals surface area contributed by atoms with Gasteiger partial charge in [-0.3, -0.25) is 0 Å². The van der Waals surface area contributed by atoms with Gasteiger partial charge in [0.25, 0.3) is 0 Å². The number of primary amides is 1. The van der Waals surface area contributed by atoms with Gasteiger partial charge in [0.05, 0.1) is 0 Å². The predicted octanol–water partition coefficient (Wildman–Crippen LogP) is 2.58. The van der Waals surface area contributed by atoms with Gasteiger partial charge in [0.15, 0.2) is 6.10 Å². The maximum atomic E-state index is 11.0. The summed E-state index contributed by atoms with van der Waals surface area (Å²) in [5.41, 5.74) is 6.66. The van der Waals surface area contributed by atoms with Crippen LogP contribution in [0.4, 0.5) is 4.79 Å². The van der Waals surface area contributed by atoms with Crippen LogP contribution in [0, 0.1) is 0 Å². The molecule has 18 heavy (non-hydrogen) atoms. The third-order valence-electron chi connectivity index (χ3n) is 2.53. The molecular weight excluding hydrogens is 230 g/mol. The van der Waals surface area contributed by atoms with Gasteiger partial charge in [0.1, 0.15) is 5.75 Å². The second-order valence-corrected chi connectivity index (χ2v) is 3.82. The molecule has 4 heteroatoms. The van der Waals surface area contributed by atoms with Gasteiger partial charge in [0, 0.05) is 0 Å². The Morgan fingerprint density at radius 3 is 2.11 bits per heavy atom. The van der Waals surface area contributed by atoms with E-state index in [1.54, 1.807) is 12.1 Å². The Morgan fingerprint density at radius 2 is 1.56 bits per heavy atom. The van der Waals surface area contributed by atoms with Gasteiger partial charge in [0.2, 0.25) is 0 Å². The van der Waals surface area contributed by atoms with Gasteiger partial charge in [-0.05, 0) is 23.3 Å². The molecule has 3 N–H and O–H groups in total. The first kappa shape index (κ1) is 12.0. The molecular formula is C14H13NO3. The van der Waals surface area contributed by atoms with E-state index in [9.17, 15) is 9.90 Å². The molecule has 0 saturated heterocycles. The number of ether oxygens (including phenoxy) is 1. The summed E-state index contributed by atoms with van der Waals surface area (Å²) in [6.45, 7) is 0. The molecule has 92 valence electrons. The molecule has 0 aliphatic rings. The lowest BCUT2D eigenvalue weighted by molar-refractivity contribution is 0.126. The molecule has 2 rings (SSSR count). The Morgan fingerprint density at radius 1 is 1.00 bits per heavy atom. The molecule has 0 spiro atoms. The number of carbonyl (C=O) groups excluding carboxylic acids is 1. The number of hydrogen-bond acceptors (Lipinski definition) is 3. The van der Waals surface area contributed by atoms with Gasteiger partial charge in [-0.25, -0.2) is 4.79 Å². The molecule has 0 aliphatic carbocycles. The van der Waals surface area contributed by atoms with E-state index in [0.29, 0.717) is 0 Å². The highest BCUT2D eigenvalue weighted by Gasteiger charge is 2.17. The van der Waals surface area contributed by atoms with Crippen molar-refractivity contribution in [2.45, 2.75) is 6.10 Å². The fourth-order valence-corrected chi connectivity index (χ4v) is 1.72. The summed E-state index contributed by atoms with van der Waals surface area (Å²) in [7, 11) is 0. The summed E-state index contributed by atoms with van der Waals surface area (Å²) in [6, 6.07) is 15.7. The van der Waals surface area contributed by atoms with Crippen LogP contribution in [0.25, 0.3) is 0 Å². The Hall–Kier alpha value is -2.49. The van der Waals surface area contributed by atoms with E-state index in [1.165, 1.54) is 12.1 Å². The quantitative estimate of drug-likeness (QED) is 0.870. The monoisotopic (exact) mass is 243 g/mol. The fraction of sp³-hybridized carbons (Fsp3) is 0.0714. The Bertz CT molecular complexity index is 522. The van der Waals surface area contributed by atoms with Crippen molar-refractivity contribution >= 4 is 6.09 Å². The van der Waals surface area contributed by atoms with Crippen molar-refractivity contribution in [3.05, 3.63) is 65.7 Å². The average molecular weight is 243 g/mol. The molecule has 0 saturated carbocycles. The van der Waals surface area contributed by atoms with Gasteiger partial charge in [-0.15, -0.1) is 0 Å². The van der Waals surface area contributed by atoms with Crippen molar-refractivity contribution in [2.24, 2.45) is 5.73 Å². The number of amides is 1. The minimum atomic E-state index is -0.836. The lowest BCUT2D eigenvalue weighted by Gasteiger charge is -2.17. The highest BCUT2D eigenvalue weighted by atomic mass is 16.6. The van der Waals surface area contributed by atoms with Crippen molar-refractivity contribution < 1.29 is 14.6 Å².